The Morgan fingerprint density at radius 3 is 1.01 bits per heavy atom. The van der Waals surface area contributed by atoms with Gasteiger partial charge in [-0.05, 0) is 132 Å². The van der Waals surface area contributed by atoms with Crippen LogP contribution in [0.1, 0.15) is 36.1 Å². The van der Waals surface area contributed by atoms with Crippen molar-refractivity contribution in [1.82, 2.24) is 9.13 Å². The minimum absolute atomic E-state index is 0.604. The second-order valence-electron chi connectivity index (χ2n) is 22.4. The number of benzene rings is 12. The van der Waals surface area contributed by atoms with Gasteiger partial charge < -0.3 is 27.8 Å². The highest BCUT2D eigenvalue weighted by molar-refractivity contribution is 6.20. The SMILES string of the molecule is CC1(C)c2cc(-n3c4ccccc4c4cc(N(c5ccccc5)c5ccccc5)ccc43)c3c(oc4ccccc43)c2C=Cc2c1cc(-n1c3ccccc3c3cc(N(c4ccccc4)c4ccccc4)ccc31)c1c2oc2ccccc21. The predicted octanol–water partition coefficient (Wildman–Crippen LogP) is 21.4. The molecule has 12 aromatic carbocycles. The number of furan rings is 2. The van der Waals surface area contributed by atoms with E-state index < -0.39 is 5.41 Å². The molecule has 0 saturated carbocycles. The van der Waals surface area contributed by atoms with E-state index in [1.54, 1.807) is 0 Å². The summed E-state index contributed by atoms with van der Waals surface area (Å²) in [7, 11) is 0. The summed E-state index contributed by atoms with van der Waals surface area (Å²) in [6.45, 7) is 4.77. The summed E-state index contributed by atoms with van der Waals surface area (Å²) in [6.07, 6.45) is 4.58. The van der Waals surface area contributed by atoms with Gasteiger partial charge in [0.1, 0.15) is 22.3 Å². The Labute approximate surface area is 478 Å². The molecular weight excluding hydrogens is 1010 g/mol. The number of rotatable bonds is 8. The Morgan fingerprint density at radius 2 is 0.627 bits per heavy atom. The Hall–Kier alpha value is -10.8. The normalized spacial score (nSPS) is 13.0. The fourth-order valence-corrected chi connectivity index (χ4v) is 13.7. The van der Waals surface area contributed by atoms with Gasteiger partial charge in [0.2, 0.25) is 0 Å². The fraction of sp³-hybridized carbons (Fsp3) is 0.0390. The van der Waals surface area contributed by atoms with Crippen LogP contribution in [0.2, 0.25) is 0 Å². The Morgan fingerprint density at radius 1 is 0.301 bits per heavy atom. The number of hydrogen-bond acceptors (Lipinski definition) is 4. The van der Waals surface area contributed by atoms with Crippen LogP contribution in [0.5, 0.6) is 0 Å². The minimum Gasteiger partial charge on any atom is -0.455 e. The first kappa shape index (κ1) is 47.0. The zero-order valence-corrected chi connectivity index (χ0v) is 45.7. The third-order valence-electron chi connectivity index (χ3n) is 17.5. The maximum atomic E-state index is 7.21. The first-order valence-electron chi connectivity index (χ1n) is 28.5. The highest BCUT2D eigenvalue weighted by Crippen LogP contribution is 2.52. The van der Waals surface area contributed by atoms with E-state index in [1.165, 1.54) is 21.5 Å². The first-order valence-corrected chi connectivity index (χ1v) is 28.5. The molecule has 1 aliphatic carbocycles. The van der Waals surface area contributed by atoms with E-state index in [4.69, 9.17) is 8.83 Å². The molecule has 0 spiro atoms. The molecule has 0 radical (unpaired) electrons. The van der Waals surface area contributed by atoms with Gasteiger partial charge in [-0.1, -0.05) is 172 Å². The zero-order chi connectivity index (χ0) is 54.9. The number of fused-ring (bicyclic) bond motifs is 16. The van der Waals surface area contributed by atoms with E-state index >= 15 is 0 Å². The molecule has 16 aromatic rings. The smallest absolute Gasteiger partial charge is 0.145 e. The molecule has 4 aromatic heterocycles. The lowest BCUT2D eigenvalue weighted by Crippen LogP contribution is -2.22. The molecule has 6 heteroatoms. The van der Waals surface area contributed by atoms with Crippen LogP contribution in [0.25, 0.3) is 111 Å². The van der Waals surface area contributed by atoms with Crippen molar-refractivity contribution in [3.63, 3.8) is 0 Å². The molecule has 0 bridgehead atoms. The topological polar surface area (TPSA) is 42.6 Å². The summed E-state index contributed by atoms with van der Waals surface area (Å²) in [5.74, 6) is 0. The van der Waals surface area contributed by atoms with Crippen molar-refractivity contribution >= 4 is 134 Å². The molecule has 0 unspecified atom stereocenters. The minimum atomic E-state index is -0.604. The third kappa shape index (κ3) is 7.03. The van der Waals surface area contributed by atoms with Gasteiger partial charge in [0.15, 0.2) is 0 Å². The Bertz CT molecular complexity index is 4890. The number of nitrogens with zero attached hydrogens (tertiary/aromatic N) is 4. The first-order chi connectivity index (χ1) is 41.0. The average molecular weight is 1070 g/mol. The highest BCUT2D eigenvalue weighted by Gasteiger charge is 2.36. The lowest BCUT2D eigenvalue weighted by Gasteiger charge is -2.30. The van der Waals surface area contributed by atoms with Gasteiger partial charge in [0.25, 0.3) is 0 Å². The van der Waals surface area contributed by atoms with Crippen molar-refractivity contribution < 1.29 is 8.83 Å². The zero-order valence-electron chi connectivity index (χ0n) is 45.7. The van der Waals surface area contributed by atoms with Crippen molar-refractivity contribution in [2.45, 2.75) is 19.3 Å². The largest absolute Gasteiger partial charge is 0.455 e. The van der Waals surface area contributed by atoms with E-state index in [1.807, 2.05) is 0 Å². The molecule has 0 atom stereocenters. The van der Waals surface area contributed by atoms with Crippen LogP contribution in [0.15, 0.2) is 276 Å². The number of hydrogen-bond donors (Lipinski definition) is 0. The molecule has 83 heavy (non-hydrogen) atoms. The van der Waals surface area contributed by atoms with Crippen LogP contribution in [0.4, 0.5) is 34.1 Å². The molecule has 6 nitrogen and oxygen atoms in total. The number of para-hydroxylation sites is 8. The van der Waals surface area contributed by atoms with Crippen LogP contribution >= 0.6 is 0 Å². The summed E-state index contributed by atoms with van der Waals surface area (Å²) < 4.78 is 19.4. The Balaban J connectivity index is 0.914. The van der Waals surface area contributed by atoms with Gasteiger partial charge in [-0.15, -0.1) is 0 Å². The van der Waals surface area contributed by atoms with E-state index in [0.29, 0.717) is 0 Å². The van der Waals surface area contributed by atoms with Gasteiger partial charge in [-0.2, -0.15) is 0 Å². The van der Waals surface area contributed by atoms with Gasteiger partial charge in [-0.3, -0.25) is 0 Å². The van der Waals surface area contributed by atoms with E-state index in [2.05, 4.69) is 312 Å². The van der Waals surface area contributed by atoms with E-state index in [0.717, 1.165) is 134 Å². The highest BCUT2D eigenvalue weighted by atomic mass is 16.3. The second kappa shape index (κ2) is 18.1. The molecule has 0 N–H and O–H groups in total. The summed E-state index contributed by atoms with van der Waals surface area (Å²) in [4.78, 5) is 4.69. The van der Waals surface area contributed by atoms with Gasteiger partial charge in [0, 0.05) is 83.0 Å². The summed E-state index contributed by atoms with van der Waals surface area (Å²) in [5.41, 5.74) is 20.4. The molecule has 1 aliphatic rings. The van der Waals surface area contributed by atoms with Crippen LogP contribution < -0.4 is 9.80 Å². The van der Waals surface area contributed by atoms with Gasteiger partial charge in [0.05, 0.1) is 44.2 Å². The molecular formula is C77H52N4O2. The molecule has 0 fully saturated rings. The van der Waals surface area contributed by atoms with E-state index in [-0.39, 0.29) is 0 Å². The lowest BCUT2D eigenvalue weighted by molar-refractivity contribution is 0.625. The standard InChI is InChI=1S/C77H52N4O2/c1-77(2)63-47-69(80-65-35-19-15-31-55(65)61-45-53(39-43-67(61)80)78(49-23-7-3-8-24-49)50-25-9-4-10-26-50)73-59-33-17-21-37-71(59)82-75(73)57(63)41-42-58-64(77)48-70(74-60-34-18-22-38-72(60)83-76(58)74)81-66-36-20-16-32-56(66)62-46-54(40-44-68(62)81)79(51-27-11-5-12-28-51)52-29-13-6-14-30-52/h3-48H,1-2H3. The summed E-state index contributed by atoms with van der Waals surface area (Å²) in [5, 5.41) is 8.97. The second-order valence-corrected chi connectivity index (χ2v) is 22.4. The lowest BCUT2D eigenvalue weighted by atomic mass is 9.74. The molecule has 0 amide bonds. The maximum absolute atomic E-state index is 7.21. The van der Waals surface area contributed by atoms with E-state index in [9.17, 15) is 0 Å². The van der Waals surface area contributed by atoms with Crippen molar-refractivity contribution in [3.8, 4) is 11.4 Å². The van der Waals surface area contributed by atoms with Gasteiger partial charge in [-0.25, -0.2) is 0 Å². The summed E-state index contributed by atoms with van der Waals surface area (Å²) >= 11 is 0. The Kier molecular flexibility index (Phi) is 10.3. The maximum Gasteiger partial charge on any atom is 0.145 e. The van der Waals surface area contributed by atoms with Crippen LogP contribution in [-0.4, -0.2) is 9.13 Å². The monoisotopic (exact) mass is 1060 g/mol. The van der Waals surface area contributed by atoms with Crippen LogP contribution in [0, 0.1) is 0 Å². The van der Waals surface area contributed by atoms with Crippen LogP contribution in [-0.2, 0) is 5.41 Å². The number of anilines is 6. The molecule has 392 valence electrons. The quantitative estimate of drug-likeness (QED) is 0.152. The van der Waals surface area contributed by atoms with Crippen molar-refractivity contribution in [2.24, 2.45) is 0 Å². The third-order valence-corrected chi connectivity index (χ3v) is 17.5. The van der Waals surface area contributed by atoms with Gasteiger partial charge >= 0.3 is 0 Å². The van der Waals surface area contributed by atoms with Crippen molar-refractivity contribution in [3.05, 3.63) is 289 Å². The number of aromatic nitrogens is 2. The summed E-state index contributed by atoms with van der Waals surface area (Å²) in [6, 6.07) is 96.1. The molecule has 4 heterocycles. The van der Waals surface area contributed by atoms with Crippen LogP contribution in [0.3, 0.4) is 0 Å². The van der Waals surface area contributed by atoms with Crippen molar-refractivity contribution in [2.75, 3.05) is 9.80 Å². The fourth-order valence-electron chi connectivity index (χ4n) is 13.7. The molecule has 17 rings (SSSR count). The average Bonchev–Trinajstić information content (AvgIpc) is 2.69. The molecule has 0 aliphatic heterocycles. The van der Waals surface area contributed by atoms with Crippen molar-refractivity contribution in [1.29, 1.82) is 0 Å². The predicted molar refractivity (Wildman–Crippen MR) is 347 cm³/mol. The molecule has 0 saturated heterocycles.